The molecule has 0 spiro atoms. The fourth-order valence-corrected chi connectivity index (χ4v) is 2.16. The van der Waals surface area contributed by atoms with Crippen LogP contribution in [0.3, 0.4) is 0 Å². The Morgan fingerprint density at radius 1 is 1.39 bits per heavy atom. The van der Waals surface area contributed by atoms with Gasteiger partial charge < -0.3 is 19.7 Å². The summed E-state index contributed by atoms with van der Waals surface area (Å²) in [4.78, 5) is 22.6. The largest absolute Gasteiger partial charge is 0.479 e. The number of carboxylic acids is 2. The molecule has 7 heteroatoms. The van der Waals surface area contributed by atoms with Crippen molar-refractivity contribution >= 4 is 23.5 Å². The van der Waals surface area contributed by atoms with E-state index < -0.39 is 23.6 Å². The molecule has 2 N–H and O–H groups in total. The SMILES string of the molecule is COC1C(C(=O)O)=C(Cl)C(C)=CC1(OC)C(=O)O. The summed E-state index contributed by atoms with van der Waals surface area (Å²) in [7, 11) is 2.37. The van der Waals surface area contributed by atoms with Crippen LogP contribution >= 0.6 is 11.6 Å². The van der Waals surface area contributed by atoms with Crippen LogP contribution in [0.5, 0.6) is 0 Å². The topological polar surface area (TPSA) is 93.1 Å². The Kier molecular flexibility index (Phi) is 4.16. The van der Waals surface area contributed by atoms with Gasteiger partial charge in [0.25, 0.3) is 0 Å². The van der Waals surface area contributed by atoms with Gasteiger partial charge in [-0.25, -0.2) is 9.59 Å². The van der Waals surface area contributed by atoms with E-state index in [1.807, 2.05) is 0 Å². The lowest BCUT2D eigenvalue weighted by atomic mass is 9.83. The molecule has 0 heterocycles. The molecule has 18 heavy (non-hydrogen) atoms. The Morgan fingerprint density at radius 3 is 2.28 bits per heavy atom. The number of hydrogen-bond acceptors (Lipinski definition) is 4. The number of ether oxygens (including phenoxy) is 2. The van der Waals surface area contributed by atoms with Gasteiger partial charge in [-0.1, -0.05) is 11.6 Å². The zero-order chi connectivity index (χ0) is 14.1. The summed E-state index contributed by atoms with van der Waals surface area (Å²) in [5.74, 6) is -2.69. The van der Waals surface area contributed by atoms with E-state index in [4.69, 9.17) is 26.2 Å². The van der Waals surface area contributed by atoms with Crippen molar-refractivity contribution in [3.05, 3.63) is 22.3 Å². The molecule has 0 fully saturated rings. The summed E-state index contributed by atoms with van der Waals surface area (Å²) >= 11 is 5.89. The molecule has 1 aliphatic carbocycles. The lowest BCUT2D eigenvalue weighted by Crippen LogP contribution is -2.54. The second-order valence-corrected chi connectivity index (χ2v) is 4.16. The number of aliphatic carboxylic acids is 2. The van der Waals surface area contributed by atoms with E-state index in [2.05, 4.69) is 0 Å². The van der Waals surface area contributed by atoms with Gasteiger partial charge in [-0.05, 0) is 18.6 Å². The summed E-state index contributed by atoms with van der Waals surface area (Å²) < 4.78 is 9.96. The highest BCUT2D eigenvalue weighted by atomic mass is 35.5. The average molecular weight is 277 g/mol. The van der Waals surface area contributed by atoms with Crippen molar-refractivity contribution in [3.8, 4) is 0 Å². The third-order valence-corrected chi connectivity index (χ3v) is 3.31. The summed E-state index contributed by atoms with van der Waals surface area (Å²) in [5, 5.41) is 18.4. The van der Waals surface area contributed by atoms with Crippen molar-refractivity contribution in [1.82, 2.24) is 0 Å². The quantitative estimate of drug-likeness (QED) is 0.796. The second kappa shape index (κ2) is 5.09. The van der Waals surface area contributed by atoms with Crippen LogP contribution in [0.2, 0.25) is 0 Å². The number of allylic oxidation sites excluding steroid dienone is 2. The van der Waals surface area contributed by atoms with Crippen LogP contribution in [0.4, 0.5) is 0 Å². The van der Waals surface area contributed by atoms with Crippen LogP contribution in [0, 0.1) is 0 Å². The summed E-state index contributed by atoms with van der Waals surface area (Å²) in [6, 6.07) is 0. The van der Waals surface area contributed by atoms with Crippen molar-refractivity contribution in [2.45, 2.75) is 18.6 Å². The average Bonchev–Trinajstić information content (AvgIpc) is 2.30. The van der Waals surface area contributed by atoms with E-state index >= 15 is 0 Å². The molecule has 2 atom stereocenters. The predicted molar refractivity (Wildman–Crippen MR) is 62.4 cm³/mol. The normalized spacial score (nSPS) is 28.0. The van der Waals surface area contributed by atoms with Crippen LogP contribution in [-0.2, 0) is 19.1 Å². The first kappa shape index (κ1) is 14.7. The molecule has 6 nitrogen and oxygen atoms in total. The van der Waals surface area contributed by atoms with Crippen LogP contribution < -0.4 is 0 Å². The second-order valence-electron chi connectivity index (χ2n) is 3.78. The fourth-order valence-electron chi connectivity index (χ4n) is 1.93. The van der Waals surface area contributed by atoms with Gasteiger partial charge in [0.15, 0.2) is 0 Å². The number of methoxy groups -OCH3 is 2. The third-order valence-electron chi connectivity index (χ3n) is 2.80. The van der Waals surface area contributed by atoms with Crippen LogP contribution in [0.25, 0.3) is 0 Å². The van der Waals surface area contributed by atoms with Gasteiger partial charge in [-0.2, -0.15) is 0 Å². The predicted octanol–water partition coefficient (Wildman–Crippen LogP) is 1.01. The maximum absolute atomic E-state index is 11.4. The van der Waals surface area contributed by atoms with E-state index in [1.54, 1.807) is 0 Å². The van der Waals surface area contributed by atoms with E-state index in [0.717, 1.165) is 0 Å². The Morgan fingerprint density at radius 2 is 1.94 bits per heavy atom. The molecule has 0 aromatic carbocycles. The number of carboxylic acid groups (broad SMARTS) is 2. The van der Waals surface area contributed by atoms with Crippen molar-refractivity contribution in [3.63, 3.8) is 0 Å². The number of halogens is 1. The molecule has 0 radical (unpaired) electrons. The Balaban J connectivity index is 3.53. The monoisotopic (exact) mass is 276 g/mol. The van der Waals surface area contributed by atoms with Crippen molar-refractivity contribution in [2.75, 3.05) is 14.2 Å². The van der Waals surface area contributed by atoms with E-state index in [1.165, 1.54) is 27.2 Å². The van der Waals surface area contributed by atoms with E-state index in [0.29, 0.717) is 5.57 Å². The van der Waals surface area contributed by atoms with Crippen molar-refractivity contribution in [1.29, 1.82) is 0 Å². The third kappa shape index (κ3) is 2.03. The first-order valence-corrected chi connectivity index (χ1v) is 5.33. The summed E-state index contributed by atoms with van der Waals surface area (Å²) in [6.07, 6.45) is -0.0770. The minimum Gasteiger partial charge on any atom is -0.479 e. The molecule has 2 unspecified atom stereocenters. The van der Waals surface area contributed by atoms with Gasteiger partial charge in [-0.15, -0.1) is 0 Å². The molecule has 0 saturated heterocycles. The molecular weight excluding hydrogens is 264 g/mol. The zero-order valence-corrected chi connectivity index (χ0v) is 10.8. The molecule has 0 aromatic heterocycles. The zero-order valence-electron chi connectivity index (χ0n) is 10.1. The molecule has 0 bridgehead atoms. The molecular formula is C11H13ClO6. The number of hydrogen-bond donors (Lipinski definition) is 2. The lowest BCUT2D eigenvalue weighted by Gasteiger charge is -2.36. The highest BCUT2D eigenvalue weighted by Gasteiger charge is 2.52. The Labute approximate surface area is 108 Å². The lowest BCUT2D eigenvalue weighted by molar-refractivity contribution is -0.169. The smallest absolute Gasteiger partial charge is 0.343 e. The molecule has 0 aromatic rings. The summed E-state index contributed by atoms with van der Waals surface area (Å²) in [6.45, 7) is 1.51. The molecule has 0 saturated carbocycles. The fraction of sp³-hybridized carbons (Fsp3) is 0.455. The molecule has 1 aliphatic rings. The van der Waals surface area contributed by atoms with Gasteiger partial charge in [0, 0.05) is 14.2 Å². The van der Waals surface area contributed by atoms with Gasteiger partial charge >= 0.3 is 11.9 Å². The van der Waals surface area contributed by atoms with Crippen molar-refractivity contribution < 1.29 is 29.3 Å². The van der Waals surface area contributed by atoms with Gasteiger partial charge in [0.05, 0.1) is 10.6 Å². The highest BCUT2D eigenvalue weighted by molar-refractivity contribution is 6.34. The minimum absolute atomic E-state index is 0.0386. The maximum Gasteiger partial charge on any atom is 0.343 e. The van der Waals surface area contributed by atoms with Gasteiger partial charge in [-0.3, -0.25) is 0 Å². The molecule has 100 valence electrons. The molecule has 0 aliphatic heterocycles. The first-order valence-electron chi connectivity index (χ1n) is 4.96. The highest BCUT2D eigenvalue weighted by Crippen LogP contribution is 2.38. The Hall–Kier alpha value is -1.37. The molecule has 0 amide bonds. The number of carbonyl (C=O) groups is 2. The standard InChI is InChI=1S/C11H13ClO6/c1-5-4-11(18-3,10(15)16)8(17-2)6(7(5)12)9(13)14/h4,8H,1-3H3,(H,13,14)(H,15,16). The van der Waals surface area contributed by atoms with Gasteiger partial charge in [0.2, 0.25) is 5.60 Å². The summed E-state index contributed by atoms with van der Waals surface area (Å²) in [5.41, 5.74) is -1.92. The maximum atomic E-state index is 11.4. The minimum atomic E-state index is -1.90. The van der Waals surface area contributed by atoms with E-state index in [9.17, 15) is 14.7 Å². The van der Waals surface area contributed by atoms with Crippen LogP contribution in [-0.4, -0.2) is 48.1 Å². The van der Waals surface area contributed by atoms with Crippen LogP contribution in [0.1, 0.15) is 6.92 Å². The van der Waals surface area contributed by atoms with E-state index in [-0.39, 0.29) is 10.6 Å². The van der Waals surface area contributed by atoms with Gasteiger partial charge in [0.1, 0.15) is 6.10 Å². The Bertz CT molecular complexity index is 452. The number of rotatable bonds is 4. The van der Waals surface area contributed by atoms with Crippen molar-refractivity contribution in [2.24, 2.45) is 0 Å². The molecule has 1 rings (SSSR count). The first-order chi connectivity index (χ1) is 8.31. The van der Waals surface area contributed by atoms with Crippen LogP contribution in [0.15, 0.2) is 22.3 Å².